The molecule has 23 heavy (non-hydrogen) atoms. The molecule has 0 aliphatic heterocycles. The molecular weight excluding hydrogens is 328 g/mol. The molecule has 0 aliphatic carbocycles. The highest BCUT2D eigenvalue weighted by Crippen LogP contribution is 2.05. The van der Waals surface area contributed by atoms with Crippen molar-refractivity contribution < 1.29 is 33.4 Å². The van der Waals surface area contributed by atoms with Crippen LogP contribution in [0.4, 0.5) is 0 Å². The summed E-state index contributed by atoms with van der Waals surface area (Å²) in [7, 11) is 0. The van der Waals surface area contributed by atoms with Crippen LogP contribution >= 0.6 is 11.6 Å². The Morgan fingerprint density at radius 1 is 0.913 bits per heavy atom. The fourth-order valence-corrected chi connectivity index (χ4v) is 1.24. The van der Waals surface area contributed by atoms with E-state index >= 15 is 0 Å². The SMILES string of the molecule is C=C(C)C(=O)OCC(COC(=O)C(=C)C)OC(=O)CCC(=O)Cl. The molecule has 0 aromatic heterocycles. The average Bonchev–Trinajstić information content (AvgIpc) is 2.46. The van der Waals surface area contributed by atoms with E-state index in [4.69, 9.17) is 25.8 Å². The first-order chi connectivity index (χ1) is 10.6. The van der Waals surface area contributed by atoms with Crippen LogP contribution in [0.3, 0.4) is 0 Å². The van der Waals surface area contributed by atoms with E-state index in [9.17, 15) is 19.2 Å². The second-order valence-corrected chi connectivity index (χ2v) is 5.15. The van der Waals surface area contributed by atoms with E-state index in [1.54, 1.807) is 0 Å². The van der Waals surface area contributed by atoms with Gasteiger partial charge in [-0.05, 0) is 25.4 Å². The van der Waals surface area contributed by atoms with E-state index in [1.807, 2.05) is 0 Å². The summed E-state index contributed by atoms with van der Waals surface area (Å²) in [6.07, 6.45) is -1.44. The smallest absolute Gasteiger partial charge is 0.333 e. The summed E-state index contributed by atoms with van der Waals surface area (Å²) in [6.45, 7) is 9.08. The van der Waals surface area contributed by atoms with E-state index in [1.165, 1.54) is 13.8 Å². The zero-order valence-electron chi connectivity index (χ0n) is 13.1. The minimum absolute atomic E-state index is 0.168. The molecule has 0 rings (SSSR count). The van der Waals surface area contributed by atoms with Crippen LogP contribution in [0.2, 0.25) is 0 Å². The minimum Gasteiger partial charge on any atom is -0.458 e. The Labute approximate surface area is 139 Å². The molecule has 0 aliphatic rings. The summed E-state index contributed by atoms with van der Waals surface area (Å²) in [5.74, 6) is -2.08. The highest BCUT2D eigenvalue weighted by molar-refractivity contribution is 6.63. The van der Waals surface area contributed by atoms with Gasteiger partial charge >= 0.3 is 17.9 Å². The van der Waals surface area contributed by atoms with E-state index in [2.05, 4.69) is 13.2 Å². The van der Waals surface area contributed by atoms with Gasteiger partial charge in [0.25, 0.3) is 0 Å². The molecule has 128 valence electrons. The van der Waals surface area contributed by atoms with E-state index in [0.717, 1.165) is 0 Å². The molecule has 0 saturated carbocycles. The lowest BCUT2D eigenvalue weighted by Crippen LogP contribution is -2.31. The monoisotopic (exact) mass is 346 g/mol. The molecule has 0 aromatic rings. The van der Waals surface area contributed by atoms with Gasteiger partial charge in [0.2, 0.25) is 5.24 Å². The summed E-state index contributed by atoms with van der Waals surface area (Å²) in [6, 6.07) is 0. The summed E-state index contributed by atoms with van der Waals surface area (Å²) >= 11 is 5.13. The molecule has 7 nitrogen and oxygen atoms in total. The number of carbonyl (C=O) groups is 4. The number of ether oxygens (including phenoxy) is 3. The lowest BCUT2D eigenvalue weighted by atomic mass is 10.3. The predicted molar refractivity (Wildman–Crippen MR) is 81.5 cm³/mol. The lowest BCUT2D eigenvalue weighted by molar-refractivity contribution is -0.164. The molecular formula is C15H19ClO7. The number of rotatable bonds is 10. The molecule has 0 bridgehead atoms. The third kappa shape index (κ3) is 10.2. The molecule has 0 N–H and O–H groups in total. The molecule has 0 spiro atoms. The normalized spacial score (nSPS) is 9.91. The largest absolute Gasteiger partial charge is 0.458 e. The first kappa shape index (κ1) is 20.9. The predicted octanol–water partition coefficient (Wildman–Crippen LogP) is 1.68. The van der Waals surface area contributed by atoms with Crippen LogP contribution in [-0.4, -0.2) is 42.5 Å². The topological polar surface area (TPSA) is 96.0 Å². The van der Waals surface area contributed by atoms with Crippen LogP contribution in [0.1, 0.15) is 26.7 Å². The van der Waals surface area contributed by atoms with Gasteiger partial charge in [-0.3, -0.25) is 9.59 Å². The van der Waals surface area contributed by atoms with Crippen molar-refractivity contribution in [1.29, 1.82) is 0 Å². The van der Waals surface area contributed by atoms with Gasteiger partial charge in [0.1, 0.15) is 13.2 Å². The van der Waals surface area contributed by atoms with Crippen LogP contribution in [0.15, 0.2) is 24.3 Å². The van der Waals surface area contributed by atoms with Crippen LogP contribution in [0.25, 0.3) is 0 Å². The summed E-state index contributed by atoms with van der Waals surface area (Å²) in [5, 5.41) is -0.680. The Morgan fingerprint density at radius 2 is 1.35 bits per heavy atom. The number of halogens is 1. The van der Waals surface area contributed by atoms with Gasteiger partial charge in [0, 0.05) is 17.6 Å². The molecule has 0 fully saturated rings. The van der Waals surface area contributed by atoms with E-state index < -0.39 is 29.3 Å². The van der Waals surface area contributed by atoms with E-state index in [-0.39, 0.29) is 37.2 Å². The summed E-state index contributed by atoms with van der Waals surface area (Å²) in [5.41, 5.74) is 0.337. The fourth-order valence-electron chi connectivity index (χ4n) is 1.14. The minimum atomic E-state index is -1.01. The Balaban J connectivity index is 4.58. The van der Waals surface area contributed by atoms with Crippen molar-refractivity contribution in [2.45, 2.75) is 32.8 Å². The van der Waals surface area contributed by atoms with Gasteiger partial charge in [-0.15, -0.1) is 0 Å². The van der Waals surface area contributed by atoms with Crippen molar-refractivity contribution in [3.63, 3.8) is 0 Å². The maximum atomic E-state index is 11.6. The highest BCUT2D eigenvalue weighted by Gasteiger charge is 2.20. The summed E-state index contributed by atoms with van der Waals surface area (Å²) < 4.78 is 14.7. The van der Waals surface area contributed by atoms with Crippen molar-refractivity contribution >= 4 is 34.8 Å². The number of hydrogen-bond donors (Lipinski definition) is 0. The van der Waals surface area contributed by atoms with E-state index in [0.29, 0.717) is 0 Å². The highest BCUT2D eigenvalue weighted by atomic mass is 35.5. The van der Waals surface area contributed by atoms with Crippen molar-refractivity contribution in [1.82, 2.24) is 0 Å². The quantitative estimate of drug-likeness (QED) is 0.257. The molecule has 0 heterocycles. The first-order valence-corrected chi connectivity index (χ1v) is 7.04. The van der Waals surface area contributed by atoms with Gasteiger partial charge in [0.05, 0.1) is 6.42 Å². The number of hydrogen-bond acceptors (Lipinski definition) is 7. The van der Waals surface area contributed by atoms with Crippen molar-refractivity contribution in [2.24, 2.45) is 0 Å². The molecule has 0 atom stereocenters. The molecule has 0 saturated heterocycles. The zero-order valence-corrected chi connectivity index (χ0v) is 13.8. The van der Waals surface area contributed by atoms with Gasteiger partial charge in [-0.1, -0.05) is 13.2 Å². The average molecular weight is 347 g/mol. The lowest BCUT2D eigenvalue weighted by Gasteiger charge is -2.18. The van der Waals surface area contributed by atoms with Crippen LogP contribution < -0.4 is 0 Å². The third-order valence-electron chi connectivity index (χ3n) is 2.32. The third-order valence-corrected chi connectivity index (χ3v) is 2.51. The second-order valence-electron chi connectivity index (χ2n) is 4.72. The Bertz CT molecular complexity index is 480. The molecule has 0 aromatic carbocycles. The Hall–Kier alpha value is -2.15. The number of esters is 3. The van der Waals surface area contributed by atoms with Crippen LogP contribution in [-0.2, 0) is 33.4 Å². The van der Waals surface area contributed by atoms with Crippen molar-refractivity contribution in [3.05, 3.63) is 24.3 Å². The second kappa shape index (κ2) is 10.6. The molecule has 8 heteroatoms. The number of carbonyl (C=O) groups excluding carboxylic acids is 4. The van der Waals surface area contributed by atoms with Gasteiger partial charge in [-0.25, -0.2) is 9.59 Å². The fraction of sp³-hybridized carbons (Fsp3) is 0.467. The van der Waals surface area contributed by atoms with Gasteiger partial charge in [-0.2, -0.15) is 0 Å². The maximum absolute atomic E-state index is 11.6. The molecule has 0 unspecified atom stereocenters. The maximum Gasteiger partial charge on any atom is 0.333 e. The van der Waals surface area contributed by atoms with Crippen LogP contribution in [0.5, 0.6) is 0 Å². The van der Waals surface area contributed by atoms with Crippen molar-refractivity contribution in [2.75, 3.05) is 13.2 Å². The van der Waals surface area contributed by atoms with Crippen molar-refractivity contribution in [3.8, 4) is 0 Å². The van der Waals surface area contributed by atoms with Gasteiger partial charge in [0.15, 0.2) is 6.10 Å². The Morgan fingerprint density at radius 3 is 1.70 bits per heavy atom. The zero-order chi connectivity index (χ0) is 18.0. The molecule has 0 amide bonds. The van der Waals surface area contributed by atoms with Crippen LogP contribution in [0, 0.1) is 0 Å². The summed E-state index contributed by atoms with van der Waals surface area (Å²) in [4.78, 5) is 44.9. The Kier molecular flexibility index (Phi) is 9.57. The molecule has 0 radical (unpaired) electrons. The van der Waals surface area contributed by atoms with Gasteiger partial charge < -0.3 is 14.2 Å². The standard InChI is InChI=1S/C15H19ClO7/c1-9(2)14(19)21-7-11(8-22-15(20)10(3)4)23-13(18)6-5-12(16)17/h11H,1,3,5-8H2,2,4H3. The first-order valence-electron chi connectivity index (χ1n) is 6.66.